The zero-order chi connectivity index (χ0) is 29.9. The van der Waals surface area contributed by atoms with E-state index in [2.05, 4.69) is 0 Å². The number of Topliss-reactive ketones (excluding diaryl/α,β-unsaturated/α-hetero) is 1. The van der Waals surface area contributed by atoms with Gasteiger partial charge in [-0.3, -0.25) is 9.59 Å². The van der Waals surface area contributed by atoms with Crippen LogP contribution in [-0.4, -0.2) is 57.4 Å². The highest BCUT2D eigenvalue weighted by molar-refractivity contribution is 7.96. The second kappa shape index (κ2) is 12.2. The molecular formula is C34H32NO6P. The van der Waals surface area contributed by atoms with Crippen LogP contribution in [0, 0.1) is 5.92 Å². The van der Waals surface area contributed by atoms with Gasteiger partial charge in [0.15, 0.2) is 5.78 Å². The zero-order valence-corrected chi connectivity index (χ0v) is 24.2. The number of aliphatic carboxylic acids is 1. The average molecular weight is 582 g/mol. The number of rotatable bonds is 10. The summed E-state index contributed by atoms with van der Waals surface area (Å²) in [4.78, 5) is 42.3. The Hall–Kier alpha value is -4.45. The number of benzene rings is 4. The van der Waals surface area contributed by atoms with Crippen molar-refractivity contribution in [3.8, 4) is 5.75 Å². The van der Waals surface area contributed by atoms with Crippen molar-refractivity contribution in [3.63, 3.8) is 0 Å². The van der Waals surface area contributed by atoms with Gasteiger partial charge in [-0.25, -0.2) is 4.79 Å². The highest BCUT2D eigenvalue weighted by Crippen LogP contribution is 2.49. The molecule has 1 heterocycles. The fourth-order valence-corrected chi connectivity index (χ4v) is 10.2. The quantitative estimate of drug-likeness (QED) is 0.168. The van der Waals surface area contributed by atoms with Crippen LogP contribution in [0.3, 0.4) is 0 Å². The molecular weight excluding hydrogens is 549 g/mol. The van der Waals surface area contributed by atoms with Crippen molar-refractivity contribution in [2.75, 3.05) is 7.11 Å². The number of aliphatic hydroxyl groups is 1. The van der Waals surface area contributed by atoms with Gasteiger partial charge in [0.2, 0.25) is 5.91 Å². The lowest BCUT2D eigenvalue weighted by Crippen LogP contribution is -2.68. The molecule has 1 amide bonds. The molecule has 8 heteroatoms. The molecule has 214 valence electrons. The summed E-state index contributed by atoms with van der Waals surface area (Å²) in [5.74, 6) is -2.48. The van der Waals surface area contributed by atoms with Crippen molar-refractivity contribution < 1.29 is 29.3 Å². The Balaban J connectivity index is 1.80. The van der Waals surface area contributed by atoms with Gasteiger partial charge in [0.25, 0.3) is 0 Å². The van der Waals surface area contributed by atoms with E-state index in [1.165, 1.54) is 18.9 Å². The van der Waals surface area contributed by atoms with E-state index in [9.17, 15) is 24.6 Å². The summed E-state index contributed by atoms with van der Waals surface area (Å²) < 4.78 is 5.28. The van der Waals surface area contributed by atoms with Gasteiger partial charge in [-0.15, -0.1) is 0 Å². The summed E-state index contributed by atoms with van der Waals surface area (Å²) in [5.41, 5.74) is 0.293. The SMILES string of the molecule is COc1cccc(C(=O)C[C@@H]2[C@@H]([C@@H](C)O)C(=O)N2C(C(=O)O)=P(c2ccccc2)(c2ccccc2)c2ccccc2)c1. The Morgan fingerprint density at radius 3 is 1.76 bits per heavy atom. The Morgan fingerprint density at radius 2 is 1.33 bits per heavy atom. The lowest BCUT2D eigenvalue weighted by Gasteiger charge is -2.50. The van der Waals surface area contributed by atoms with Crippen LogP contribution in [0.15, 0.2) is 115 Å². The van der Waals surface area contributed by atoms with Crippen LogP contribution in [0.25, 0.3) is 0 Å². The molecule has 4 aromatic carbocycles. The number of carboxylic acids is 1. The predicted molar refractivity (Wildman–Crippen MR) is 166 cm³/mol. The van der Waals surface area contributed by atoms with E-state index in [-0.39, 0.29) is 17.6 Å². The summed E-state index contributed by atoms with van der Waals surface area (Å²) >= 11 is 0. The van der Waals surface area contributed by atoms with Crippen LogP contribution >= 0.6 is 6.89 Å². The van der Waals surface area contributed by atoms with E-state index in [0.717, 1.165) is 15.9 Å². The number of carbonyl (C=O) groups excluding carboxylic acids is 2. The highest BCUT2D eigenvalue weighted by atomic mass is 31.2. The van der Waals surface area contributed by atoms with Gasteiger partial charge < -0.3 is 19.8 Å². The first-order chi connectivity index (χ1) is 20.3. The lowest BCUT2D eigenvalue weighted by molar-refractivity contribution is -0.156. The van der Waals surface area contributed by atoms with Crippen LogP contribution in [0.4, 0.5) is 0 Å². The smallest absolute Gasteiger partial charge is 0.353 e. The van der Waals surface area contributed by atoms with Gasteiger partial charge in [0.05, 0.1) is 25.2 Å². The number of nitrogens with zero attached hydrogens (tertiary/aromatic N) is 1. The second-order valence-electron chi connectivity index (χ2n) is 10.2. The third kappa shape index (κ3) is 5.06. The molecule has 0 bridgehead atoms. The van der Waals surface area contributed by atoms with Crippen LogP contribution in [-0.2, 0) is 9.59 Å². The predicted octanol–water partition coefficient (Wildman–Crippen LogP) is 3.68. The number of β-lactam (4-membered cyclic amide) rings is 1. The van der Waals surface area contributed by atoms with E-state index < -0.39 is 36.8 Å². The molecule has 5 rings (SSSR count). The third-order valence-electron chi connectivity index (χ3n) is 7.74. The fraction of sp³-hybridized carbons (Fsp3) is 0.176. The first-order valence-electron chi connectivity index (χ1n) is 13.7. The molecule has 0 radical (unpaired) electrons. The van der Waals surface area contributed by atoms with Crippen molar-refractivity contribution in [2.45, 2.75) is 25.5 Å². The fourth-order valence-electron chi connectivity index (χ4n) is 5.86. The molecule has 42 heavy (non-hydrogen) atoms. The van der Waals surface area contributed by atoms with E-state index >= 15 is 0 Å². The molecule has 0 aromatic heterocycles. The highest BCUT2D eigenvalue weighted by Gasteiger charge is 2.55. The molecule has 0 spiro atoms. The van der Waals surface area contributed by atoms with Gasteiger partial charge in [0, 0.05) is 18.9 Å². The zero-order valence-electron chi connectivity index (χ0n) is 23.3. The summed E-state index contributed by atoms with van der Waals surface area (Å²) in [6.07, 6.45) is -1.24. The molecule has 4 aromatic rings. The molecule has 1 saturated heterocycles. The van der Waals surface area contributed by atoms with Crippen LogP contribution < -0.4 is 20.7 Å². The van der Waals surface area contributed by atoms with Gasteiger partial charge in [-0.2, -0.15) is 0 Å². The van der Waals surface area contributed by atoms with Gasteiger partial charge >= 0.3 is 5.97 Å². The Labute approximate surface area is 245 Å². The van der Waals surface area contributed by atoms with Crippen LogP contribution in [0.2, 0.25) is 0 Å². The first-order valence-corrected chi connectivity index (χ1v) is 15.4. The normalized spacial score (nSPS) is 17.2. The van der Waals surface area contributed by atoms with E-state index in [1.54, 1.807) is 24.3 Å². The summed E-state index contributed by atoms with van der Waals surface area (Å²) in [6, 6.07) is 33.9. The van der Waals surface area contributed by atoms with E-state index in [4.69, 9.17) is 4.74 Å². The van der Waals surface area contributed by atoms with Gasteiger partial charge in [0.1, 0.15) is 11.2 Å². The largest absolute Gasteiger partial charge is 0.497 e. The van der Waals surface area contributed by atoms with Crippen molar-refractivity contribution in [1.82, 2.24) is 4.90 Å². The number of methoxy groups -OCH3 is 1. The first kappa shape index (κ1) is 29.1. The van der Waals surface area contributed by atoms with Crippen LogP contribution in [0.1, 0.15) is 23.7 Å². The number of hydrogen-bond acceptors (Lipinski definition) is 5. The molecule has 1 fully saturated rings. The summed E-state index contributed by atoms with van der Waals surface area (Å²) in [7, 11) is 1.51. The van der Waals surface area contributed by atoms with Crippen LogP contribution in [0.5, 0.6) is 5.75 Å². The minimum absolute atomic E-state index is 0.0866. The molecule has 1 aliphatic rings. The molecule has 7 nitrogen and oxygen atoms in total. The molecule has 2 N–H and O–H groups in total. The standard InChI is InChI=1S/C34H32NO6P/c1-23(36)31-29(22-30(37)24-13-12-14-25(21-24)41-2)35(32(31)38)33(34(39)40)42(26-15-6-3-7-16-26,27-17-8-4-9-18-27)28-19-10-5-11-20-28/h3-21,23,29,31,36H,22H2,1-2H3,(H,39,40)/t23-,29-,31-/m1/s1. The number of likely N-dealkylation sites (tertiary alicyclic amines) is 1. The summed E-state index contributed by atoms with van der Waals surface area (Å²) in [6.45, 7) is -1.69. The number of aliphatic hydroxyl groups excluding tert-OH is 1. The molecule has 0 aliphatic carbocycles. The molecule has 0 unspecified atom stereocenters. The number of hydrogen-bond donors (Lipinski definition) is 2. The maximum Gasteiger partial charge on any atom is 0.353 e. The topological polar surface area (TPSA) is 104 Å². The third-order valence-corrected chi connectivity index (χ3v) is 12.0. The lowest BCUT2D eigenvalue weighted by atomic mass is 9.79. The number of carboxylic acid groups (broad SMARTS) is 1. The Kier molecular flexibility index (Phi) is 8.44. The monoisotopic (exact) mass is 581 g/mol. The molecule has 1 aliphatic heterocycles. The molecule has 3 atom stereocenters. The maximum absolute atomic E-state index is 13.9. The van der Waals surface area contributed by atoms with Crippen molar-refractivity contribution in [2.24, 2.45) is 5.92 Å². The second-order valence-corrected chi connectivity index (χ2v) is 13.5. The number of amides is 1. The van der Waals surface area contributed by atoms with E-state index in [0.29, 0.717) is 11.3 Å². The minimum Gasteiger partial charge on any atom is -0.497 e. The van der Waals surface area contributed by atoms with Crippen molar-refractivity contribution in [3.05, 3.63) is 121 Å². The summed E-state index contributed by atoms with van der Waals surface area (Å²) in [5, 5.41) is 24.0. The van der Waals surface area contributed by atoms with Crippen molar-refractivity contribution >= 4 is 45.9 Å². The van der Waals surface area contributed by atoms with Crippen molar-refractivity contribution in [1.29, 1.82) is 0 Å². The Morgan fingerprint density at radius 1 is 0.833 bits per heavy atom. The minimum atomic E-state index is -3.19. The Bertz CT molecular complexity index is 1550. The van der Waals surface area contributed by atoms with Gasteiger partial charge in [-0.05, 0) is 35.0 Å². The number of carbonyl (C=O) groups is 3. The molecule has 0 saturated carbocycles. The van der Waals surface area contributed by atoms with Gasteiger partial charge in [-0.1, -0.05) is 103 Å². The number of ketones is 1. The van der Waals surface area contributed by atoms with E-state index in [1.807, 2.05) is 91.0 Å². The number of ether oxygens (including phenoxy) is 1. The maximum atomic E-state index is 13.9. The average Bonchev–Trinajstić information content (AvgIpc) is 3.02.